The summed E-state index contributed by atoms with van der Waals surface area (Å²) in [5.41, 5.74) is 2.42. The molecule has 1 aliphatic rings. The highest BCUT2D eigenvalue weighted by molar-refractivity contribution is 5.80. The van der Waals surface area contributed by atoms with Gasteiger partial charge in [-0.3, -0.25) is 4.79 Å². The number of imidazole rings is 1. The molecule has 1 aliphatic carbocycles. The molecule has 0 unspecified atom stereocenters. The lowest BCUT2D eigenvalue weighted by atomic mass is 10.0. The number of rotatable bonds is 22. The number of carbonyl (C=O) groups excluding carboxylic acids is 1. The molecule has 3 rings (SSSR count). The van der Waals surface area contributed by atoms with Gasteiger partial charge in [-0.15, -0.1) is 0 Å². The van der Waals surface area contributed by atoms with Crippen LogP contribution in [0.25, 0.3) is 11.0 Å². The third-order valence-electron chi connectivity index (χ3n) is 7.79. The molecule has 1 aromatic heterocycles. The molecule has 1 N–H and O–H groups in total. The van der Waals surface area contributed by atoms with Crippen molar-refractivity contribution in [3.05, 3.63) is 30.1 Å². The van der Waals surface area contributed by atoms with E-state index in [2.05, 4.69) is 41.1 Å². The molecule has 1 fully saturated rings. The summed E-state index contributed by atoms with van der Waals surface area (Å²) < 4.78 is 2.48. The van der Waals surface area contributed by atoms with Crippen molar-refractivity contribution in [1.82, 2.24) is 14.9 Å². The van der Waals surface area contributed by atoms with Crippen molar-refractivity contribution < 1.29 is 4.79 Å². The van der Waals surface area contributed by atoms with Gasteiger partial charge in [0.25, 0.3) is 0 Å². The second kappa shape index (κ2) is 17.6. The van der Waals surface area contributed by atoms with Crippen molar-refractivity contribution in [2.75, 3.05) is 6.54 Å². The fourth-order valence-corrected chi connectivity index (χ4v) is 5.32. The van der Waals surface area contributed by atoms with E-state index in [1.54, 1.807) is 0 Å². The quantitative estimate of drug-likeness (QED) is 0.166. The minimum atomic E-state index is 0.268. The number of amides is 1. The van der Waals surface area contributed by atoms with Crippen LogP contribution in [0.3, 0.4) is 0 Å². The van der Waals surface area contributed by atoms with Gasteiger partial charge in [0.05, 0.1) is 11.0 Å². The Morgan fingerprint density at radius 1 is 0.806 bits per heavy atom. The highest BCUT2D eigenvalue weighted by Crippen LogP contribution is 2.28. The van der Waals surface area contributed by atoms with Gasteiger partial charge >= 0.3 is 0 Å². The van der Waals surface area contributed by atoms with E-state index in [1.807, 2.05) is 0 Å². The third-order valence-corrected chi connectivity index (χ3v) is 7.79. The Kier molecular flexibility index (Phi) is 14.0. The van der Waals surface area contributed by atoms with Crippen LogP contribution in [0.5, 0.6) is 0 Å². The van der Waals surface area contributed by atoms with Crippen molar-refractivity contribution in [2.24, 2.45) is 5.92 Å². The molecule has 1 amide bonds. The molecule has 4 heteroatoms. The molecule has 0 spiro atoms. The number of nitrogens with zero attached hydrogens (tertiary/aromatic N) is 2. The van der Waals surface area contributed by atoms with Gasteiger partial charge in [0.2, 0.25) is 5.91 Å². The minimum absolute atomic E-state index is 0.268. The maximum absolute atomic E-state index is 11.8. The fraction of sp³-hybridized carbons (Fsp3) is 0.750. The van der Waals surface area contributed by atoms with Crippen LogP contribution in [0.2, 0.25) is 0 Å². The van der Waals surface area contributed by atoms with Gasteiger partial charge in [0.1, 0.15) is 5.82 Å². The number of hydrogen-bond acceptors (Lipinski definition) is 2. The molecule has 202 valence electrons. The average Bonchev–Trinajstić information content (AvgIpc) is 3.69. The molecule has 36 heavy (non-hydrogen) atoms. The largest absolute Gasteiger partial charge is 0.356 e. The summed E-state index contributed by atoms with van der Waals surface area (Å²) in [6.07, 6.45) is 26.2. The van der Waals surface area contributed by atoms with Gasteiger partial charge < -0.3 is 9.88 Å². The van der Waals surface area contributed by atoms with Gasteiger partial charge in [-0.25, -0.2) is 4.98 Å². The Balaban J connectivity index is 1.25. The number of unbranched alkanes of at least 4 members (excludes halogenated alkanes) is 15. The Bertz CT molecular complexity index is 854. The van der Waals surface area contributed by atoms with Gasteiger partial charge in [-0.1, -0.05) is 109 Å². The normalized spacial score (nSPS) is 13.5. The fourth-order valence-electron chi connectivity index (χ4n) is 5.32. The summed E-state index contributed by atoms with van der Waals surface area (Å²) in [6, 6.07) is 8.60. The molecular weight excluding hydrogens is 442 g/mol. The lowest BCUT2D eigenvalue weighted by molar-refractivity contribution is -0.122. The molecule has 4 nitrogen and oxygen atoms in total. The summed E-state index contributed by atoms with van der Waals surface area (Å²) in [7, 11) is 0. The van der Waals surface area contributed by atoms with Crippen molar-refractivity contribution in [2.45, 2.75) is 142 Å². The predicted molar refractivity (Wildman–Crippen MR) is 153 cm³/mol. The molecule has 0 atom stereocenters. The average molecular weight is 496 g/mol. The Morgan fingerprint density at radius 2 is 1.39 bits per heavy atom. The number of carbonyl (C=O) groups is 1. The maximum atomic E-state index is 11.8. The zero-order chi connectivity index (χ0) is 25.3. The molecular formula is C32H53N3O. The number of hydrogen-bond donors (Lipinski definition) is 1. The first-order chi connectivity index (χ1) is 17.8. The molecule has 0 saturated heterocycles. The number of aromatic nitrogens is 2. The van der Waals surface area contributed by atoms with E-state index >= 15 is 0 Å². The van der Waals surface area contributed by atoms with Crippen LogP contribution >= 0.6 is 0 Å². The van der Waals surface area contributed by atoms with Gasteiger partial charge in [-0.05, 0) is 44.2 Å². The summed E-state index contributed by atoms with van der Waals surface area (Å²) >= 11 is 0. The van der Waals surface area contributed by atoms with E-state index < -0.39 is 0 Å². The first kappa shape index (κ1) is 28.7. The topological polar surface area (TPSA) is 46.9 Å². The first-order valence-corrected chi connectivity index (χ1v) is 15.5. The zero-order valence-corrected chi connectivity index (χ0v) is 23.2. The Labute approximate surface area is 221 Å². The molecule has 1 aromatic carbocycles. The third kappa shape index (κ3) is 11.0. The summed E-state index contributed by atoms with van der Waals surface area (Å²) in [5.74, 6) is 1.83. The smallest absolute Gasteiger partial charge is 0.223 e. The van der Waals surface area contributed by atoms with Crippen LogP contribution in [0, 0.1) is 5.92 Å². The van der Waals surface area contributed by atoms with Crippen molar-refractivity contribution in [3.63, 3.8) is 0 Å². The van der Waals surface area contributed by atoms with Crippen LogP contribution in [0.15, 0.2) is 24.3 Å². The SMILES string of the molecule is CCCCCCCCCCCCCCCCn1c(CCCCCNC(=O)C2CC2)nc2ccccc21. The van der Waals surface area contributed by atoms with Crippen molar-refractivity contribution in [1.29, 1.82) is 0 Å². The highest BCUT2D eigenvalue weighted by Gasteiger charge is 2.28. The summed E-state index contributed by atoms with van der Waals surface area (Å²) in [4.78, 5) is 16.7. The van der Waals surface area contributed by atoms with E-state index in [-0.39, 0.29) is 5.91 Å². The van der Waals surface area contributed by atoms with E-state index in [0.29, 0.717) is 5.92 Å². The Morgan fingerprint density at radius 3 is 2.03 bits per heavy atom. The van der Waals surface area contributed by atoms with E-state index in [4.69, 9.17) is 4.98 Å². The predicted octanol–water partition coefficient (Wildman–Crippen LogP) is 8.76. The van der Waals surface area contributed by atoms with Gasteiger partial charge in [0, 0.05) is 25.4 Å². The van der Waals surface area contributed by atoms with Crippen LogP contribution < -0.4 is 5.32 Å². The van der Waals surface area contributed by atoms with E-state index in [1.165, 1.54) is 101 Å². The van der Waals surface area contributed by atoms with Crippen molar-refractivity contribution in [3.8, 4) is 0 Å². The summed E-state index contributed by atoms with van der Waals surface area (Å²) in [5, 5.41) is 3.09. The minimum Gasteiger partial charge on any atom is -0.356 e. The van der Waals surface area contributed by atoms with Gasteiger partial charge in [-0.2, -0.15) is 0 Å². The lowest BCUT2D eigenvalue weighted by Crippen LogP contribution is -2.25. The summed E-state index contributed by atoms with van der Waals surface area (Å²) in [6.45, 7) is 4.21. The number of aryl methyl sites for hydroxylation is 2. The van der Waals surface area contributed by atoms with Crippen molar-refractivity contribution >= 4 is 16.9 Å². The molecule has 2 aromatic rings. The number of benzene rings is 1. The first-order valence-electron chi connectivity index (χ1n) is 15.5. The Hall–Kier alpha value is -1.84. The van der Waals surface area contributed by atoms with Crippen LogP contribution in [0.4, 0.5) is 0 Å². The maximum Gasteiger partial charge on any atom is 0.223 e. The lowest BCUT2D eigenvalue weighted by Gasteiger charge is -2.10. The second-order valence-electron chi connectivity index (χ2n) is 11.1. The molecule has 0 radical (unpaired) electrons. The monoisotopic (exact) mass is 495 g/mol. The highest BCUT2D eigenvalue weighted by atomic mass is 16.2. The van der Waals surface area contributed by atoms with Crippen LogP contribution in [-0.2, 0) is 17.8 Å². The second-order valence-corrected chi connectivity index (χ2v) is 11.1. The zero-order valence-electron chi connectivity index (χ0n) is 23.2. The van der Waals surface area contributed by atoms with E-state index in [9.17, 15) is 4.79 Å². The molecule has 1 heterocycles. The number of fused-ring (bicyclic) bond motifs is 1. The number of nitrogens with one attached hydrogen (secondary N) is 1. The molecule has 0 aliphatic heterocycles. The number of para-hydroxylation sites is 2. The molecule has 1 saturated carbocycles. The standard InChI is InChI=1S/C32H53N3O/c1-2-3-4-5-6-7-8-9-10-11-12-13-14-20-27-35-30-22-18-17-21-29(30)34-31(35)23-16-15-19-26-33-32(36)28-24-25-28/h17-18,21-22,28H,2-16,19-20,23-27H2,1H3,(H,33,36). The van der Waals surface area contributed by atoms with Crippen LogP contribution in [0.1, 0.15) is 135 Å². The molecule has 0 bridgehead atoms. The van der Waals surface area contributed by atoms with E-state index in [0.717, 1.165) is 57.1 Å². The van der Waals surface area contributed by atoms with Gasteiger partial charge in [0.15, 0.2) is 0 Å². The van der Waals surface area contributed by atoms with Crippen LogP contribution in [-0.4, -0.2) is 22.0 Å².